The number of aromatic nitrogens is 1. The Hall–Kier alpha value is -1.51. The van der Waals surface area contributed by atoms with Crippen LogP contribution >= 0.6 is 35.1 Å². The third kappa shape index (κ3) is 4.81. The zero-order valence-corrected chi connectivity index (χ0v) is 16.0. The van der Waals surface area contributed by atoms with Crippen LogP contribution in [-0.2, 0) is 0 Å². The van der Waals surface area contributed by atoms with Gasteiger partial charge in [-0.3, -0.25) is 4.79 Å². The monoisotopic (exact) mass is 415 g/mol. The molecule has 1 amide bonds. The maximum atomic E-state index is 12.6. The Kier molecular flexibility index (Phi) is 6.61. The molecule has 0 unspecified atom stereocenters. The number of carbonyl (C=O) groups is 1. The lowest BCUT2D eigenvalue weighted by Crippen LogP contribution is -2.32. The fraction of sp³-hybridized carbons (Fsp3) is 0.294. The molecule has 1 N–H and O–H groups in total. The summed E-state index contributed by atoms with van der Waals surface area (Å²) in [6.45, 7) is 1.86. The minimum Gasteiger partial charge on any atom is -0.369 e. The van der Waals surface area contributed by atoms with Crippen LogP contribution < -0.4 is 10.2 Å². The Bertz CT molecular complexity index is 788. The molecule has 1 aromatic carbocycles. The summed E-state index contributed by atoms with van der Waals surface area (Å²) < 4.78 is 25.3. The normalized spacial score (nSPS) is 14.5. The van der Waals surface area contributed by atoms with Crippen molar-refractivity contribution in [3.8, 4) is 0 Å². The van der Waals surface area contributed by atoms with Crippen LogP contribution in [0.3, 0.4) is 0 Å². The van der Waals surface area contributed by atoms with Gasteiger partial charge in [-0.15, -0.1) is 0 Å². The average Bonchev–Trinajstić information content (AvgIpc) is 2.62. The molecule has 0 radical (unpaired) electrons. The van der Waals surface area contributed by atoms with Gasteiger partial charge in [0.2, 0.25) is 0 Å². The van der Waals surface area contributed by atoms with Crippen molar-refractivity contribution in [2.75, 3.05) is 34.8 Å². The lowest BCUT2D eigenvalue weighted by Gasteiger charge is -2.29. The second-order valence-corrected chi connectivity index (χ2v) is 8.07. The highest BCUT2D eigenvalue weighted by Gasteiger charge is 2.18. The van der Waals surface area contributed by atoms with Crippen LogP contribution in [0.5, 0.6) is 0 Å². The highest BCUT2D eigenvalue weighted by Crippen LogP contribution is 2.31. The van der Waals surface area contributed by atoms with Crippen LogP contribution in [0.2, 0.25) is 5.02 Å². The molecule has 0 saturated carbocycles. The lowest BCUT2D eigenvalue weighted by atomic mass is 10.2. The standard InChI is InChI=1S/C17H16ClF2N3OS2/c18-13-10-11(3-4-14(13)23-6-8-25-9-7-23)22-15(24)12-2-1-5-21-16(12)26-17(19)20/h1-5,10,17H,6-9H2,(H,22,24). The van der Waals surface area contributed by atoms with E-state index < -0.39 is 11.7 Å². The van der Waals surface area contributed by atoms with E-state index in [4.69, 9.17) is 11.6 Å². The molecule has 26 heavy (non-hydrogen) atoms. The Morgan fingerprint density at radius 2 is 2.08 bits per heavy atom. The zero-order valence-electron chi connectivity index (χ0n) is 13.6. The summed E-state index contributed by atoms with van der Waals surface area (Å²) in [6.07, 6.45) is 1.38. The Morgan fingerprint density at radius 3 is 2.77 bits per heavy atom. The number of hydrogen-bond acceptors (Lipinski definition) is 5. The van der Waals surface area contributed by atoms with E-state index in [9.17, 15) is 13.6 Å². The SMILES string of the molecule is O=C(Nc1ccc(N2CCSCC2)c(Cl)c1)c1cccnc1SC(F)F. The number of nitrogens with one attached hydrogen (secondary N) is 1. The van der Waals surface area contributed by atoms with Gasteiger partial charge in [-0.25, -0.2) is 4.98 Å². The van der Waals surface area contributed by atoms with E-state index in [1.54, 1.807) is 12.1 Å². The van der Waals surface area contributed by atoms with Gasteiger partial charge in [0.05, 0.1) is 16.3 Å². The topological polar surface area (TPSA) is 45.2 Å². The molecule has 0 spiro atoms. The van der Waals surface area contributed by atoms with Gasteiger partial charge < -0.3 is 10.2 Å². The first-order valence-corrected chi connectivity index (χ1v) is 10.3. The van der Waals surface area contributed by atoms with Crippen molar-refractivity contribution in [1.29, 1.82) is 0 Å². The predicted molar refractivity (Wildman–Crippen MR) is 105 cm³/mol. The molecule has 0 aliphatic carbocycles. The van der Waals surface area contributed by atoms with Gasteiger partial charge in [0.1, 0.15) is 5.03 Å². The zero-order chi connectivity index (χ0) is 18.5. The molecule has 138 valence electrons. The van der Waals surface area contributed by atoms with Gasteiger partial charge in [-0.05, 0) is 42.1 Å². The molecule has 1 aliphatic rings. The smallest absolute Gasteiger partial charge is 0.290 e. The number of benzene rings is 1. The van der Waals surface area contributed by atoms with Crippen LogP contribution in [0.4, 0.5) is 20.2 Å². The number of anilines is 2. The van der Waals surface area contributed by atoms with Crippen molar-refractivity contribution >= 4 is 52.4 Å². The number of thioether (sulfide) groups is 2. The summed E-state index contributed by atoms with van der Waals surface area (Å²) in [5, 5.41) is 3.24. The van der Waals surface area contributed by atoms with E-state index in [-0.39, 0.29) is 22.4 Å². The lowest BCUT2D eigenvalue weighted by molar-refractivity contribution is 0.102. The van der Waals surface area contributed by atoms with Crippen LogP contribution in [0.15, 0.2) is 41.6 Å². The molecule has 1 aliphatic heterocycles. The number of hydrogen-bond donors (Lipinski definition) is 1. The molecule has 1 aromatic heterocycles. The fourth-order valence-corrected chi connectivity index (χ4v) is 4.37. The molecular weight excluding hydrogens is 400 g/mol. The number of pyridine rings is 1. The molecule has 2 aromatic rings. The maximum absolute atomic E-state index is 12.6. The van der Waals surface area contributed by atoms with Gasteiger partial charge in [0.15, 0.2) is 0 Å². The molecule has 1 saturated heterocycles. The molecule has 9 heteroatoms. The van der Waals surface area contributed by atoms with E-state index in [1.165, 1.54) is 18.3 Å². The van der Waals surface area contributed by atoms with E-state index >= 15 is 0 Å². The highest BCUT2D eigenvalue weighted by atomic mass is 35.5. The minimum atomic E-state index is -2.65. The Balaban J connectivity index is 1.75. The quantitative estimate of drug-likeness (QED) is 0.707. The maximum Gasteiger partial charge on any atom is 0.290 e. The summed E-state index contributed by atoms with van der Waals surface area (Å²) in [5.74, 6) is -1.03. The minimum absolute atomic E-state index is 0.00599. The summed E-state index contributed by atoms with van der Waals surface area (Å²) in [4.78, 5) is 18.5. The van der Waals surface area contributed by atoms with Crippen LogP contribution in [0, 0.1) is 0 Å². The molecule has 3 rings (SSSR count). The van der Waals surface area contributed by atoms with Gasteiger partial charge >= 0.3 is 0 Å². The van der Waals surface area contributed by atoms with E-state index in [1.807, 2.05) is 17.8 Å². The highest BCUT2D eigenvalue weighted by molar-refractivity contribution is 7.99. The molecule has 1 fully saturated rings. The third-order valence-corrected chi connectivity index (χ3v) is 5.75. The molecule has 0 bridgehead atoms. The summed E-state index contributed by atoms with van der Waals surface area (Å²) in [7, 11) is 0. The largest absolute Gasteiger partial charge is 0.369 e. The van der Waals surface area contributed by atoms with Crippen LogP contribution in [0.1, 0.15) is 10.4 Å². The van der Waals surface area contributed by atoms with Crippen LogP contribution in [-0.4, -0.2) is 41.2 Å². The number of rotatable bonds is 5. The van der Waals surface area contributed by atoms with Gasteiger partial charge in [0, 0.05) is 36.5 Å². The van der Waals surface area contributed by atoms with Gasteiger partial charge in [-0.1, -0.05) is 11.6 Å². The van der Waals surface area contributed by atoms with Crippen molar-refractivity contribution in [2.45, 2.75) is 10.8 Å². The molecule has 4 nitrogen and oxygen atoms in total. The molecule has 0 atom stereocenters. The number of halogens is 3. The number of amides is 1. The Morgan fingerprint density at radius 1 is 1.31 bits per heavy atom. The summed E-state index contributed by atoms with van der Waals surface area (Å²) in [5.41, 5.74) is 1.54. The van der Waals surface area contributed by atoms with E-state index in [0.29, 0.717) is 10.7 Å². The molecule has 2 heterocycles. The number of carbonyl (C=O) groups excluding carboxylic acids is 1. The predicted octanol–water partition coefficient (Wildman–Crippen LogP) is 4.86. The first-order chi connectivity index (χ1) is 12.5. The van der Waals surface area contributed by atoms with Crippen molar-refractivity contribution in [3.63, 3.8) is 0 Å². The number of alkyl halides is 2. The average molecular weight is 416 g/mol. The first kappa shape index (κ1) is 19.3. The summed E-state index contributed by atoms with van der Waals surface area (Å²) in [6, 6.07) is 8.30. The van der Waals surface area contributed by atoms with Gasteiger partial charge in [-0.2, -0.15) is 20.5 Å². The van der Waals surface area contributed by atoms with Crippen molar-refractivity contribution < 1.29 is 13.6 Å². The van der Waals surface area contributed by atoms with Gasteiger partial charge in [0.25, 0.3) is 11.7 Å². The van der Waals surface area contributed by atoms with Crippen LogP contribution in [0.25, 0.3) is 0 Å². The van der Waals surface area contributed by atoms with E-state index in [2.05, 4.69) is 15.2 Å². The molecular formula is C17H16ClF2N3OS2. The van der Waals surface area contributed by atoms with Crippen molar-refractivity contribution in [1.82, 2.24) is 4.98 Å². The third-order valence-electron chi connectivity index (χ3n) is 3.77. The van der Waals surface area contributed by atoms with Crippen molar-refractivity contribution in [2.24, 2.45) is 0 Å². The van der Waals surface area contributed by atoms with E-state index in [0.717, 1.165) is 30.3 Å². The summed E-state index contributed by atoms with van der Waals surface area (Å²) >= 11 is 8.54. The Labute approximate surface area is 163 Å². The fourth-order valence-electron chi connectivity index (χ4n) is 2.59. The number of nitrogens with zero attached hydrogens (tertiary/aromatic N) is 2. The second-order valence-electron chi connectivity index (χ2n) is 5.45. The van der Waals surface area contributed by atoms with Crippen molar-refractivity contribution in [3.05, 3.63) is 47.1 Å². The second kappa shape index (κ2) is 8.92. The first-order valence-electron chi connectivity index (χ1n) is 7.88.